The SMILES string of the molecule is COC(=O)[C@@H](NCCC[C@](C)(O[C@H]1O[C@H](COC(C)=O)[C@@H](OC(C)=O)[C@H](OC(C)=O)[C@H]1OC(C)=O)C1CC[C@]2(C)[C@@H]1C(OC(C)=O)CC1[C@@]3(C)CC[C@H](OC(C)=O)C(C)(C)C3CC[C@]12C)C(C)C. The first-order valence-electron chi connectivity index (χ1n) is 24.7. The first kappa shape index (κ1) is 55.1. The zero-order valence-corrected chi connectivity index (χ0v) is 43.3. The largest absolute Gasteiger partial charge is 0.468 e. The van der Waals surface area contributed by atoms with Crippen LogP contribution in [0.3, 0.4) is 0 Å². The molecule has 5 rings (SSSR count). The predicted octanol–water partition coefficient (Wildman–Crippen LogP) is 6.57. The standard InChI is InChI=1S/C51H81NO16/c1-27(2)41(45(59)60-15)52-24-16-20-51(14,68-46-44(66-33(8)58)43(65-32(7)57)42(64-31(6)56)36(67-46)26-61-28(3)53)34-17-22-50(13)40(34)35(62-29(4)54)25-38-48(11)21-19-39(63-30(5)55)47(9,10)37(48)18-23-49(38,50)12/h27,34-44,46,52H,16-26H2,1-15H3/t34?,35?,36-,37?,38?,39+,40+,41+,42-,43+,44-,46-,48+,49-,50-,51+/m1/s1. The molecule has 4 aliphatic carbocycles. The van der Waals surface area contributed by atoms with Crippen LogP contribution in [0.15, 0.2) is 0 Å². The number of hydrogen-bond acceptors (Lipinski definition) is 17. The first-order valence-corrected chi connectivity index (χ1v) is 24.7. The first-order chi connectivity index (χ1) is 31.6. The molecule has 17 nitrogen and oxygen atoms in total. The van der Waals surface area contributed by atoms with Crippen molar-refractivity contribution in [2.24, 2.45) is 51.2 Å². The van der Waals surface area contributed by atoms with Crippen molar-refractivity contribution >= 4 is 41.8 Å². The Labute approximate surface area is 403 Å². The second-order valence-electron chi connectivity index (χ2n) is 22.3. The minimum Gasteiger partial charge on any atom is -0.468 e. The lowest BCUT2D eigenvalue weighted by atomic mass is 9.35. The summed E-state index contributed by atoms with van der Waals surface area (Å²) in [6.07, 6.45) is -1.34. The minimum atomic E-state index is -1.46. The van der Waals surface area contributed by atoms with E-state index in [0.717, 1.165) is 32.1 Å². The third-order valence-electron chi connectivity index (χ3n) is 17.4. The van der Waals surface area contributed by atoms with Crippen LogP contribution >= 0.6 is 0 Å². The molecule has 1 saturated heterocycles. The van der Waals surface area contributed by atoms with Crippen LogP contribution in [-0.4, -0.2) is 117 Å². The molecule has 0 aromatic carbocycles. The molecule has 0 spiro atoms. The van der Waals surface area contributed by atoms with E-state index >= 15 is 0 Å². The fourth-order valence-electron chi connectivity index (χ4n) is 14.4. The molecule has 1 heterocycles. The Morgan fingerprint density at radius 2 is 1.26 bits per heavy atom. The van der Waals surface area contributed by atoms with Crippen LogP contribution in [0.4, 0.5) is 0 Å². The molecule has 16 atom stereocenters. The molecule has 0 bridgehead atoms. The Bertz CT molecular complexity index is 1890. The summed E-state index contributed by atoms with van der Waals surface area (Å²) in [5, 5.41) is 3.37. The van der Waals surface area contributed by atoms with Crippen LogP contribution in [-0.2, 0) is 76.2 Å². The van der Waals surface area contributed by atoms with Gasteiger partial charge in [-0.2, -0.15) is 0 Å². The Kier molecular flexibility index (Phi) is 17.2. The van der Waals surface area contributed by atoms with Crippen molar-refractivity contribution in [1.29, 1.82) is 0 Å². The Morgan fingerprint density at radius 3 is 1.82 bits per heavy atom. The second-order valence-corrected chi connectivity index (χ2v) is 22.3. The minimum absolute atomic E-state index is 0.0714. The molecule has 4 unspecified atom stereocenters. The van der Waals surface area contributed by atoms with Crippen LogP contribution < -0.4 is 5.32 Å². The monoisotopic (exact) mass is 964 g/mol. The molecule has 5 aliphatic rings. The van der Waals surface area contributed by atoms with Crippen LogP contribution in [0.2, 0.25) is 0 Å². The number of rotatable bonds is 17. The molecular formula is C51H81NO16. The predicted molar refractivity (Wildman–Crippen MR) is 245 cm³/mol. The van der Waals surface area contributed by atoms with Gasteiger partial charge in [0.2, 0.25) is 0 Å². The van der Waals surface area contributed by atoms with Gasteiger partial charge < -0.3 is 47.9 Å². The number of fused-ring (bicyclic) bond motifs is 5. The zero-order valence-electron chi connectivity index (χ0n) is 43.3. The van der Waals surface area contributed by atoms with E-state index in [4.69, 9.17) is 42.6 Å². The van der Waals surface area contributed by atoms with Crippen molar-refractivity contribution in [1.82, 2.24) is 5.32 Å². The summed E-state index contributed by atoms with van der Waals surface area (Å²) >= 11 is 0. The molecule has 0 aromatic heterocycles. The average molecular weight is 964 g/mol. The highest BCUT2D eigenvalue weighted by atomic mass is 16.7. The Morgan fingerprint density at radius 1 is 0.691 bits per heavy atom. The Hall–Kier alpha value is -3.83. The van der Waals surface area contributed by atoms with E-state index in [9.17, 15) is 33.6 Å². The molecule has 68 heavy (non-hydrogen) atoms. The van der Waals surface area contributed by atoms with Gasteiger partial charge in [0.1, 0.15) is 31.0 Å². The number of carbonyl (C=O) groups is 7. The van der Waals surface area contributed by atoms with Crippen molar-refractivity contribution in [3.63, 3.8) is 0 Å². The van der Waals surface area contributed by atoms with E-state index in [1.165, 1.54) is 48.7 Å². The maximum absolute atomic E-state index is 13.3. The molecular weight excluding hydrogens is 883 g/mol. The van der Waals surface area contributed by atoms with Crippen molar-refractivity contribution in [3.8, 4) is 0 Å². The zero-order chi connectivity index (χ0) is 50.9. The maximum atomic E-state index is 13.3. The number of carbonyl (C=O) groups excluding carboxylic acids is 7. The van der Waals surface area contributed by atoms with E-state index in [0.29, 0.717) is 32.2 Å². The molecule has 0 aromatic rings. The molecule has 1 N–H and O–H groups in total. The summed E-state index contributed by atoms with van der Waals surface area (Å²) in [5.41, 5.74) is -2.21. The van der Waals surface area contributed by atoms with E-state index in [1.54, 1.807) is 0 Å². The fourth-order valence-corrected chi connectivity index (χ4v) is 14.4. The van der Waals surface area contributed by atoms with Gasteiger partial charge in [0.15, 0.2) is 24.6 Å². The second kappa shape index (κ2) is 21.3. The van der Waals surface area contributed by atoms with Gasteiger partial charge in [-0.25, -0.2) is 0 Å². The van der Waals surface area contributed by atoms with E-state index in [-0.39, 0.29) is 69.3 Å². The van der Waals surface area contributed by atoms with Crippen molar-refractivity contribution < 1.29 is 76.2 Å². The molecule has 0 radical (unpaired) electrons. The number of esters is 7. The summed E-state index contributed by atoms with van der Waals surface area (Å²) in [7, 11) is 1.35. The highest BCUT2D eigenvalue weighted by Gasteiger charge is 2.73. The van der Waals surface area contributed by atoms with Crippen LogP contribution in [0.25, 0.3) is 0 Å². The van der Waals surface area contributed by atoms with E-state index < -0.39 is 84.9 Å². The highest BCUT2D eigenvalue weighted by molar-refractivity contribution is 5.76. The van der Waals surface area contributed by atoms with Gasteiger partial charge in [-0.1, -0.05) is 48.5 Å². The smallest absolute Gasteiger partial charge is 0.323 e. The lowest BCUT2D eigenvalue weighted by Gasteiger charge is -2.70. The Balaban J connectivity index is 1.62. The van der Waals surface area contributed by atoms with Crippen molar-refractivity contribution in [2.45, 2.75) is 209 Å². The van der Waals surface area contributed by atoms with Crippen molar-refractivity contribution in [3.05, 3.63) is 0 Å². The number of hydrogen-bond donors (Lipinski definition) is 1. The normalized spacial score (nSPS) is 37.4. The number of ether oxygens (including phenoxy) is 9. The van der Waals surface area contributed by atoms with Gasteiger partial charge in [-0.3, -0.25) is 33.6 Å². The summed E-state index contributed by atoms with van der Waals surface area (Å²) in [4.78, 5) is 88.9. The van der Waals surface area contributed by atoms with Gasteiger partial charge in [-0.05, 0) is 111 Å². The third kappa shape index (κ3) is 11.0. The molecule has 5 fully saturated rings. The van der Waals surface area contributed by atoms with Gasteiger partial charge >= 0.3 is 41.8 Å². The summed E-state index contributed by atoms with van der Waals surface area (Å²) < 4.78 is 54.3. The number of nitrogens with one attached hydrogen (secondary N) is 1. The van der Waals surface area contributed by atoms with Gasteiger partial charge in [0.25, 0.3) is 0 Å². The van der Waals surface area contributed by atoms with Gasteiger partial charge in [-0.15, -0.1) is 0 Å². The molecule has 1 aliphatic heterocycles. The molecule has 17 heteroatoms. The third-order valence-corrected chi connectivity index (χ3v) is 17.4. The average Bonchev–Trinajstić information content (AvgIpc) is 3.60. The maximum Gasteiger partial charge on any atom is 0.323 e. The quantitative estimate of drug-likeness (QED) is 0.0927. The lowest BCUT2D eigenvalue weighted by molar-refractivity contribution is -0.339. The number of methoxy groups -OCH3 is 1. The summed E-state index contributed by atoms with van der Waals surface area (Å²) in [6.45, 7) is 25.1. The molecule has 4 saturated carbocycles. The lowest BCUT2D eigenvalue weighted by Crippen LogP contribution is -2.67. The topological polar surface area (TPSA) is 215 Å². The van der Waals surface area contributed by atoms with Gasteiger partial charge in [0, 0.05) is 52.9 Å². The van der Waals surface area contributed by atoms with Crippen molar-refractivity contribution in [2.75, 3.05) is 20.3 Å². The van der Waals surface area contributed by atoms with Gasteiger partial charge in [0.05, 0.1) is 12.7 Å². The summed E-state index contributed by atoms with van der Waals surface area (Å²) in [5.74, 6) is -4.17. The highest BCUT2D eigenvalue weighted by Crippen LogP contribution is 2.76. The summed E-state index contributed by atoms with van der Waals surface area (Å²) in [6, 6.07) is -0.573. The van der Waals surface area contributed by atoms with E-state index in [2.05, 4.69) is 39.9 Å². The molecule has 0 amide bonds. The van der Waals surface area contributed by atoms with E-state index in [1.807, 2.05) is 20.8 Å². The van der Waals surface area contributed by atoms with Crippen LogP contribution in [0, 0.1) is 51.2 Å². The van der Waals surface area contributed by atoms with Crippen LogP contribution in [0.5, 0.6) is 0 Å². The fraction of sp³-hybridized carbons (Fsp3) is 0.863. The molecule has 386 valence electrons. The van der Waals surface area contributed by atoms with Crippen LogP contribution in [0.1, 0.15) is 155 Å².